The number of fused-ring (bicyclic) bond motifs is 2. The number of rotatable bonds is 1. The molecule has 0 spiro atoms. The first kappa shape index (κ1) is 13.2. The highest BCUT2D eigenvalue weighted by molar-refractivity contribution is 5.79. The molecule has 0 radical (unpaired) electrons. The Kier molecular flexibility index (Phi) is 3.27. The highest BCUT2D eigenvalue weighted by Crippen LogP contribution is 2.31. The Hall–Kier alpha value is -1.80. The lowest BCUT2D eigenvalue weighted by Gasteiger charge is -2.42. The molecule has 3 heterocycles. The van der Waals surface area contributed by atoms with Crippen LogP contribution in [0.2, 0.25) is 0 Å². The van der Waals surface area contributed by atoms with Crippen molar-refractivity contribution in [3.8, 4) is 6.07 Å². The Morgan fingerprint density at radius 2 is 2.00 bits per heavy atom. The number of piperazine rings is 1. The van der Waals surface area contributed by atoms with E-state index < -0.39 is 0 Å². The van der Waals surface area contributed by atoms with Gasteiger partial charge in [0.25, 0.3) is 0 Å². The molecule has 20 heavy (non-hydrogen) atoms. The van der Waals surface area contributed by atoms with E-state index in [2.05, 4.69) is 24.8 Å². The van der Waals surface area contributed by atoms with Crippen LogP contribution in [0.15, 0.2) is 18.3 Å². The Bertz CT molecular complexity index is 542. The monoisotopic (exact) mass is 272 g/mol. The molecule has 0 aromatic carbocycles. The molecule has 2 aliphatic heterocycles. The summed E-state index contributed by atoms with van der Waals surface area (Å²) >= 11 is 0. The highest BCUT2D eigenvalue weighted by atomic mass is 16.2. The van der Waals surface area contributed by atoms with Gasteiger partial charge in [-0.1, -0.05) is 0 Å². The van der Waals surface area contributed by atoms with Crippen molar-refractivity contribution in [1.29, 1.82) is 5.26 Å². The van der Waals surface area contributed by atoms with E-state index in [1.54, 1.807) is 18.3 Å². The number of amides is 1. The molecule has 3 rings (SSSR count). The summed E-state index contributed by atoms with van der Waals surface area (Å²) in [4.78, 5) is 17.1. The minimum absolute atomic E-state index is 0.0394. The highest BCUT2D eigenvalue weighted by Gasteiger charge is 2.43. The fourth-order valence-corrected chi connectivity index (χ4v) is 3.43. The van der Waals surface area contributed by atoms with E-state index in [1.807, 2.05) is 4.90 Å². The first-order valence-electron chi connectivity index (χ1n) is 7.26. The quantitative estimate of drug-likeness (QED) is 0.784. The molecule has 2 saturated heterocycles. The van der Waals surface area contributed by atoms with Crippen LogP contribution in [0.5, 0.6) is 0 Å². The summed E-state index contributed by atoms with van der Waals surface area (Å²) in [6, 6.07) is 6.58. The van der Waals surface area contributed by atoms with Crippen LogP contribution in [-0.2, 0) is 0 Å². The molecular formula is C15H20N4O. The Labute approximate surface area is 119 Å². The van der Waals surface area contributed by atoms with E-state index in [1.165, 1.54) is 4.57 Å². The number of carbonyl (C=O) groups is 1. The molecule has 2 atom stereocenters. The summed E-state index contributed by atoms with van der Waals surface area (Å²) in [5.41, 5.74) is 0.417. The van der Waals surface area contributed by atoms with Crippen LogP contribution in [0.4, 0.5) is 4.79 Å². The van der Waals surface area contributed by atoms with Crippen LogP contribution in [0, 0.1) is 11.3 Å². The molecule has 1 aromatic heterocycles. The van der Waals surface area contributed by atoms with Crippen molar-refractivity contribution >= 4 is 6.03 Å². The average molecular weight is 272 g/mol. The number of nitrogens with zero attached hydrogens (tertiary/aromatic N) is 4. The molecule has 0 saturated carbocycles. The third-order valence-corrected chi connectivity index (χ3v) is 4.53. The van der Waals surface area contributed by atoms with Gasteiger partial charge in [0.05, 0.1) is 0 Å². The van der Waals surface area contributed by atoms with Gasteiger partial charge in [-0.2, -0.15) is 5.26 Å². The van der Waals surface area contributed by atoms with E-state index >= 15 is 0 Å². The molecule has 2 aliphatic rings. The smallest absolute Gasteiger partial charge is 0.316 e. The van der Waals surface area contributed by atoms with Gasteiger partial charge in [0, 0.05) is 37.4 Å². The molecule has 0 aliphatic carbocycles. The number of hydrogen-bond acceptors (Lipinski definition) is 3. The third-order valence-electron chi connectivity index (χ3n) is 4.53. The molecule has 106 valence electrons. The van der Waals surface area contributed by atoms with Crippen LogP contribution in [0.25, 0.3) is 0 Å². The Morgan fingerprint density at radius 1 is 1.35 bits per heavy atom. The van der Waals surface area contributed by atoms with Gasteiger partial charge in [-0.3, -0.25) is 9.47 Å². The molecule has 5 nitrogen and oxygen atoms in total. The van der Waals surface area contributed by atoms with Gasteiger partial charge in [0.1, 0.15) is 11.8 Å². The summed E-state index contributed by atoms with van der Waals surface area (Å²) in [7, 11) is 0. The predicted octanol–water partition coefficient (Wildman–Crippen LogP) is 1.88. The van der Waals surface area contributed by atoms with E-state index in [0.29, 0.717) is 11.7 Å². The van der Waals surface area contributed by atoms with Crippen LogP contribution in [-0.4, -0.2) is 51.6 Å². The molecule has 1 amide bonds. The summed E-state index contributed by atoms with van der Waals surface area (Å²) in [5, 5.41) is 9.07. The lowest BCUT2D eigenvalue weighted by Crippen LogP contribution is -2.58. The summed E-state index contributed by atoms with van der Waals surface area (Å²) in [6.45, 7) is 6.30. The van der Waals surface area contributed by atoms with E-state index in [9.17, 15) is 4.79 Å². The maximum absolute atomic E-state index is 12.7. The lowest BCUT2D eigenvalue weighted by atomic mass is 10.1. The van der Waals surface area contributed by atoms with Crippen molar-refractivity contribution in [2.75, 3.05) is 13.1 Å². The number of carbonyl (C=O) groups excluding carboxylic acids is 1. The number of likely N-dealkylation sites (tertiary alicyclic amines) is 1. The Balaban J connectivity index is 1.83. The van der Waals surface area contributed by atoms with E-state index in [0.717, 1.165) is 25.9 Å². The van der Waals surface area contributed by atoms with Crippen LogP contribution < -0.4 is 0 Å². The van der Waals surface area contributed by atoms with Gasteiger partial charge in [-0.15, -0.1) is 0 Å². The summed E-state index contributed by atoms with van der Waals surface area (Å²) in [6.07, 6.45) is 3.83. The maximum Gasteiger partial charge on any atom is 0.329 e. The molecule has 2 fully saturated rings. The van der Waals surface area contributed by atoms with Crippen molar-refractivity contribution in [3.63, 3.8) is 0 Å². The standard InChI is InChI=1S/C15H20N4O/c1-11(2)17-9-13-5-6-14(10-17)19(13)15(20)18-7-3-4-12(18)8-16/h3-4,7,11,13-14H,5-6,9-10H2,1-2H3. The van der Waals surface area contributed by atoms with Gasteiger partial charge < -0.3 is 4.90 Å². The van der Waals surface area contributed by atoms with Gasteiger partial charge in [-0.05, 0) is 38.8 Å². The van der Waals surface area contributed by atoms with Crippen LogP contribution >= 0.6 is 0 Å². The first-order valence-corrected chi connectivity index (χ1v) is 7.26. The van der Waals surface area contributed by atoms with Crippen molar-refractivity contribution in [1.82, 2.24) is 14.4 Å². The van der Waals surface area contributed by atoms with Gasteiger partial charge in [0.15, 0.2) is 0 Å². The molecule has 2 bridgehead atoms. The zero-order valence-corrected chi connectivity index (χ0v) is 12.0. The molecule has 0 N–H and O–H groups in total. The third kappa shape index (κ3) is 2.01. The van der Waals surface area contributed by atoms with Crippen LogP contribution in [0.1, 0.15) is 32.4 Å². The second-order valence-electron chi connectivity index (χ2n) is 6.00. The van der Waals surface area contributed by atoms with Gasteiger partial charge >= 0.3 is 6.03 Å². The molecule has 2 unspecified atom stereocenters. The lowest BCUT2D eigenvalue weighted by molar-refractivity contribution is 0.0710. The second-order valence-corrected chi connectivity index (χ2v) is 6.00. The van der Waals surface area contributed by atoms with E-state index in [4.69, 9.17) is 5.26 Å². The normalized spacial score (nSPS) is 26.0. The predicted molar refractivity (Wildman–Crippen MR) is 75.3 cm³/mol. The van der Waals surface area contributed by atoms with Gasteiger partial charge in [-0.25, -0.2) is 4.79 Å². The first-order chi connectivity index (χ1) is 9.61. The van der Waals surface area contributed by atoms with Gasteiger partial charge in [0.2, 0.25) is 0 Å². The topological polar surface area (TPSA) is 52.3 Å². The molecular weight excluding hydrogens is 252 g/mol. The molecule has 1 aromatic rings. The van der Waals surface area contributed by atoms with Crippen molar-refractivity contribution in [2.45, 2.75) is 44.8 Å². The SMILES string of the molecule is CC(C)N1CC2CCC(C1)N2C(=O)n1cccc1C#N. The number of hydrogen-bond donors (Lipinski definition) is 0. The largest absolute Gasteiger partial charge is 0.329 e. The maximum atomic E-state index is 12.7. The fourth-order valence-electron chi connectivity index (χ4n) is 3.43. The van der Waals surface area contributed by atoms with Crippen molar-refractivity contribution in [3.05, 3.63) is 24.0 Å². The minimum Gasteiger partial charge on any atom is -0.316 e. The van der Waals surface area contributed by atoms with Crippen LogP contribution in [0.3, 0.4) is 0 Å². The average Bonchev–Trinajstić information content (AvgIpc) is 3.00. The number of nitriles is 1. The van der Waals surface area contributed by atoms with Crippen molar-refractivity contribution < 1.29 is 4.79 Å². The summed E-state index contributed by atoms with van der Waals surface area (Å²) in [5.74, 6) is 0. The minimum atomic E-state index is -0.0394. The summed E-state index contributed by atoms with van der Waals surface area (Å²) < 4.78 is 1.48. The fraction of sp³-hybridized carbons (Fsp3) is 0.600. The molecule has 5 heteroatoms. The zero-order chi connectivity index (χ0) is 14.3. The number of aromatic nitrogens is 1. The zero-order valence-electron chi connectivity index (χ0n) is 12.0. The second kappa shape index (κ2) is 4.95. The Morgan fingerprint density at radius 3 is 2.55 bits per heavy atom. The van der Waals surface area contributed by atoms with Crippen molar-refractivity contribution in [2.24, 2.45) is 0 Å². The van der Waals surface area contributed by atoms with E-state index in [-0.39, 0.29) is 18.1 Å².